The maximum atomic E-state index is 13.3. The van der Waals surface area contributed by atoms with Gasteiger partial charge in [-0.1, -0.05) is 0 Å². The van der Waals surface area contributed by atoms with Crippen molar-refractivity contribution in [3.8, 4) is 22.9 Å². The summed E-state index contributed by atoms with van der Waals surface area (Å²) >= 11 is 1.59. The molecule has 0 fully saturated rings. The monoisotopic (exact) mass is 388 g/mol. The fourth-order valence-corrected chi connectivity index (χ4v) is 4.98. The van der Waals surface area contributed by atoms with E-state index in [0.29, 0.717) is 28.3 Å². The lowest BCUT2D eigenvalue weighted by Gasteiger charge is -2.14. The number of aryl methyl sites for hydroxylation is 2. The first-order valence-electron chi connectivity index (χ1n) is 9.01. The van der Waals surface area contributed by atoms with Crippen LogP contribution in [0.3, 0.4) is 0 Å². The number of methoxy groups -OCH3 is 2. The zero-order valence-electron chi connectivity index (χ0n) is 15.4. The van der Waals surface area contributed by atoms with Gasteiger partial charge in [0.2, 0.25) is 0 Å². The predicted molar refractivity (Wildman–Crippen MR) is 105 cm³/mol. The molecular formula is C20H21FN2O3S. The van der Waals surface area contributed by atoms with Crippen LogP contribution in [-0.2, 0) is 19.4 Å². The molecule has 0 atom stereocenters. The zero-order valence-corrected chi connectivity index (χ0v) is 16.2. The van der Waals surface area contributed by atoms with Crippen molar-refractivity contribution in [1.82, 2.24) is 9.55 Å². The molecule has 1 aliphatic carbocycles. The molecule has 0 saturated heterocycles. The van der Waals surface area contributed by atoms with E-state index in [1.807, 2.05) is 6.07 Å². The molecule has 0 radical (unpaired) electrons. The first-order chi connectivity index (χ1) is 13.2. The Morgan fingerprint density at radius 2 is 1.96 bits per heavy atom. The van der Waals surface area contributed by atoms with Gasteiger partial charge in [-0.25, -0.2) is 9.37 Å². The highest BCUT2D eigenvalue weighted by atomic mass is 32.1. The molecule has 27 heavy (non-hydrogen) atoms. The molecule has 0 bridgehead atoms. The number of benzene rings is 1. The Morgan fingerprint density at radius 1 is 1.19 bits per heavy atom. The van der Waals surface area contributed by atoms with Gasteiger partial charge in [-0.3, -0.25) is 9.36 Å². The normalized spacial score (nSPS) is 13.6. The van der Waals surface area contributed by atoms with Crippen LogP contribution in [0.2, 0.25) is 0 Å². The van der Waals surface area contributed by atoms with Gasteiger partial charge in [-0.2, -0.15) is 0 Å². The number of nitrogens with zero attached hydrogens (tertiary/aromatic N) is 2. The average Bonchev–Trinajstić information content (AvgIpc) is 3.08. The van der Waals surface area contributed by atoms with E-state index in [0.717, 1.165) is 36.1 Å². The number of hydrogen-bond acceptors (Lipinski definition) is 5. The molecule has 4 rings (SSSR count). The quantitative estimate of drug-likeness (QED) is 0.663. The first-order valence-corrected chi connectivity index (χ1v) is 9.83. The number of ether oxygens (including phenoxy) is 2. The van der Waals surface area contributed by atoms with Crippen LogP contribution in [0.1, 0.15) is 23.3 Å². The second kappa shape index (κ2) is 7.31. The van der Waals surface area contributed by atoms with E-state index in [4.69, 9.17) is 14.5 Å². The van der Waals surface area contributed by atoms with Crippen LogP contribution in [0, 0.1) is 0 Å². The highest BCUT2D eigenvalue weighted by molar-refractivity contribution is 7.18. The smallest absolute Gasteiger partial charge is 0.262 e. The molecule has 5 nitrogen and oxygen atoms in total. The van der Waals surface area contributed by atoms with Crippen LogP contribution >= 0.6 is 11.3 Å². The van der Waals surface area contributed by atoms with Gasteiger partial charge in [0.25, 0.3) is 5.56 Å². The van der Waals surface area contributed by atoms with Crippen molar-refractivity contribution in [2.75, 3.05) is 20.9 Å². The van der Waals surface area contributed by atoms with Crippen molar-refractivity contribution >= 4 is 21.6 Å². The van der Waals surface area contributed by atoms with Crippen molar-refractivity contribution in [2.24, 2.45) is 0 Å². The molecule has 0 spiro atoms. The van der Waals surface area contributed by atoms with Gasteiger partial charge in [0.15, 0.2) is 11.5 Å². The number of halogens is 1. The van der Waals surface area contributed by atoms with Gasteiger partial charge < -0.3 is 9.47 Å². The second-order valence-corrected chi connectivity index (χ2v) is 7.63. The third-order valence-corrected chi connectivity index (χ3v) is 6.21. The lowest BCUT2D eigenvalue weighted by molar-refractivity contribution is 0.355. The number of fused-ring (bicyclic) bond motifs is 3. The number of hydrogen-bond donors (Lipinski definition) is 0. The van der Waals surface area contributed by atoms with Crippen molar-refractivity contribution in [3.05, 3.63) is 39.0 Å². The van der Waals surface area contributed by atoms with E-state index in [-0.39, 0.29) is 12.1 Å². The standard InChI is InChI=1S/C20H21FN2O3S/c1-25-14-8-7-12(11-15(14)26-2)18-22-19-17(20(24)23(18)10-9-21)13-5-3-4-6-16(13)27-19/h7-8,11H,3-6,9-10H2,1-2H3. The van der Waals surface area contributed by atoms with Crippen LogP contribution in [0.15, 0.2) is 23.0 Å². The molecule has 1 aromatic carbocycles. The lowest BCUT2D eigenvalue weighted by atomic mass is 9.97. The van der Waals surface area contributed by atoms with Crippen LogP contribution in [0.25, 0.3) is 21.6 Å². The number of thiophene rings is 1. The number of rotatable bonds is 5. The molecule has 7 heteroatoms. The van der Waals surface area contributed by atoms with Crippen LogP contribution < -0.4 is 15.0 Å². The van der Waals surface area contributed by atoms with Crippen LogP contribution in [-0.4, -0.2) is 30.4 Å². The van der Waals surface area contributed by atoms with Crippen LogP contribution in [0.5, 0.6) is 11.5 Å². The Morgan fingerprint density at radius 3 is 2.70 bits per heavy atom. The Bertz CT molecular complexity index is 1060. The largest absolute Gasteiger partial charge is 0.493 e. The number of aromatic nitrogens is 2. The second-order valence-electron chi connectivity index (χ2n) is 6.54. The summed E-state index contributed by atoms with van der Waals surface area (Å²) in [5.74, 6) is 1.60. The molecule has 142 valence electrons. The van der Waals surface area contributed by atoms with Crippen molar-refractivity contribution < 1.29 is 13.9 Å². The summed E-state index contributed by atoms with van der Waals surface area (Å²) in [6.45, 7) is -0.643. The van der Waals surface area contributed by atoms with E-state index in [1.54, 1.807) is 37.7 Å². The molecule has 2 aromatic heterocycles. The Labute approximate surface area is 160 Å². The molecule has 3 aromatic rings. The summed E-state index contributed by atoms with van der Waals surface area (Å²) in [5, 5.41) is 0.673. The van der Waals surface area contributed by atoms with Gasteiger partial charge in [0.05, 0.1) is 26.2 Å². The lowest BCUT2D eigenvalue weighted by Crippen LogP contribution is -2.24. The van der Waals surface area contributed by atoms with Gasteiger partial charge in [-0.05, 0) is 49.4 Å². The van der Waals surface area contributed by atoms with Gasteiger partial charge in [0, 0.05) is 10.4 Å². The average molecular weight is 388 g/mol. The summed E-state index contributed by atoms with van der Waals surface area (Å²) in [7, 11) is 3.12. The molecule has 0 N–H and O–H groups in total. The van der Waals surface area contributed by atoms with E-state index < -0.39 is 6.67 Å². The fourth-order valence-electron chi connectivity index (χ4n) is 3.73. The minimum atomic E-state index is -0.625. The Balaban J connectivity index is 1.97. The van der Waals surface area contributed by atoms with Crippen molar-refractivity contribution in [3.63, 3.8) is 0 Å². The molecule has 0 saturated carbocycles. The van der Waals surface area contributed by atoms with E-state index in [9.17, 15) is 9.18 Å². The summed E-state index contributed by atoms with van der Waals surface area (Å²) in [6, 6.07) is 5.36. The molecule has 2 heterocycles. The summed E-state index contributed by atoms with van der Waals surface area (Å²) in [5.41, 5.74) is 1.67. The third kappa shape index (κ3) is 3.00. The van der Waals surface area contributed by atoms with Gasteiger partial charge >= 0.3 is 0 Å². The highest BCUT2D eigenvalue weighted by Crippen LogP contribution is 2.36. The fraction of sp³-hybridized carbons (Fsp3) is 0.400. The predicted octanol–water partition coefficient (Wildman–Crippen LogP) is 3.99. The van der Waals surface area contributed by atoms with E-state index >= 15 is 0 Å². The van der Waals surface area contributed by atoms with Gasteiger partial charge in [-0.15, -0.1) is 11.3 Å². The van der Waals surface area contributed by atoms with Gasteiger partial charge in [0.1, 0.15) is 17.3 Å². The Kier molecular flexibility index (Phi) is 4.86. The number of alkyl halides is 1. The molecular weight excluding hydrogens is 367 g/mol. The Hall–Kier alpha value is -2.41. The SMILES string of the molecule is COc1ccc(-c2nc3sc4c(c3c(=O)n2CCF)CCCC4)cc1OC. The first kappa shape index (κ1) is 18.0. The summed E-state index contributed by atoms with van der Waals surface area (Å²) < 4.78 is 25.4. The molecule has 1 aliphatic rings. The highest BCUT2D eigenvalue weighted by Gasteiger charge is 2.23. The topological polar surface area (TPSA) is 53.3 Å². The van der Waals surface area contributed by atoms with E-state index in [1.165, 1.54) is 9.44 Å². The summed E-state index contributed by atoms with van der Waals surface area (Å²) in [4.78, 5) is 20.0. The maximum absolute atomic E-state index is 13.3. The van der Waals surface area contributed by atoms with Crippen LogP contribution in [0.4, 0.5) is 4.39 Å². The van der Waals surface area contributed by atoms with Crippen molar-refractivity contribution in [1.29, 1.82) is 0 Å². The van der Waals surface area contributed by atoms with Crippen molar-refractivity contribution in [2.45, 2.75) is 32.2 Å². The maximum Gasteiger partial charge on any atom is 0.262 e. The molecule has 0 unspecified atom stereocenters. The summed E-state index contributed by atoms with van der Waals surface area (Å²) in [6.07, 6.45) is 4.11. The molecule has 0 amide bonds. The minimum absolute atomic E-state index is 0.0178. The zero-order chi connectivity index (χ0) is 19.0. The van der Waals surface area contributed by atoms with E-state index in [2.05, 4.69) is 0 Å². The molecule has 0 aliphatic heterocycles. The third-order valence-electron chi connectivity index (χ3n) is 5.02. The minimum Gasteiger partial charge on any atom is -0.493 e.